The van der Waals surface area contributed by atoms with Crippen LogP contribution >= 0.6 is 22.6 Å². The van der Waals surface area contributed by atoms with Gasteiger partial charge >= 0.3 is 5.97 Å². The van der Waals surface area contributed by atoms with Gasteiger partial charge in [0.2, 0.25) is 5.76 Å². The fourth-order valence-corrected chi connectivity index (χ4v) is 2.38. The van der Waals surface area contributed by atoms with Crippen molar-refractivity contribution in [1.29, 1.82) is 0 Å². The van der Waals surface area contributed by atoms with E-state index in [1.165, 1.54) is 0 Å². The van der Waals surface area contributed by atoms with Crippen LogP contribution in [-0.2, 0) is 0 Å². The Balaban J connectivity index is 1.92. The van der Waals surface area contributed by atoms with Gasteiger partial charge in [0.05, 0.1) is 0 Å². The topological polar surface area (TPSA) is 39.4 Å². The summed E-state index contributed by atoms with van der Waals surface area (Å²) < 4.78 is 12.0. The Morgan fingerprint density at radius 3 is 2.50 bits per heavy atom. The van der Waals surface area contributed by atoms with Crippen LogP contribution < -0.4 is 4.74 Å². The van der Waals surface area contributed by atoms with E-state index in [1.54, 1.807) is 12.1 Å². The van der Waals surface area contributed by atoms with E-state index in [2.05, 4.69) is 22.6 Å². The number of esters is 1. The van der Waals surface area contributed by atoms with Gasteiger partial charge in [-0.1, -0.05) is 18.2 Å². The quantitative estimate of drug-likeness (QED) is 0.373. The number of fused-ring (bicyclic) bond motifs is 1. The van der Waals surface area contributed by atoms with Gasteiger partial charge in [-0.05, 0) is 59.8 Å². The number of halogens is 1. The first-order valence-corrected chi connectivity index (χ1v) is 7.19. The molecule has 0 saturated heterocycles. The van der Waals surface area contributed by atoms with Crippen molar-refractivity contribution in [2.24, 2.45) is 0 Å². The number of benzene rings is 2. The van der Waals surface area contributed by atoms with Gasteiger partial charge < -0.3 is 9.15 Å². The molecule has 0 saturated carbocycles. The van der Waals surface area contributed by atoms with Crippen LogP contribution in [0.3, 0.4) is 0 Å². The van der Waals surface area contributed by atoms with Gasteiger partial charge in [-0.2, -0.15) is 0 Å². The summed E-state index contributed by atoms with van der Waals surface area (Å²) in [5.41, 5.74) is 1.50. The molecule has 0 spiro atoms. The SMILES string of the molecule is Cc1c(C(=O)Oc2ccc(I)cc2)oc2ccccc12. The molecule has 100 valence electrons. The molecule has 0 amide bonds. The lowest BCUT2D eigenvalue weighted by molar-refractivity contribution is 0.0703. The standard InChI is InChI=1S/C16H11IO3/c1-10-13-4-2-3-5-14(13)20-15(10)16(18)19-12-8-6-11(17)7-9-12/h2-9H,1H3. The van der Waals surface area contributed by atoms with Crippen molar-refractivity contribution in [2.75, 3.05) is 0 Å². The first kappa shape index (κ1) is 13.2. The molecule has 0 unspecified atom stereocenters. The van der Waals surface area contributed by atoms with Crippen molar-refractivity contribution in [3.05, 3.63) is 63.4 Å². The number of carbonyl (C=O) groups is 1. The van der Waals surface area contributed by atoms with Crippen LogP contribution in [0.15, 0.2) is 52.9 Å². The fourth-order valence-electron chi connectivity index (χ4n) is 2.03. The van der Waals surface area contributed by atoms with E-state index in [-0.39, 0.29) is 5.76 Å². The van der Waals surface area contributed by atoms with Gasteiger partial charge in [0.25, 0.3) is 0 Å². The molecule has 0 fully saturated rings. The average Bonchev–Trinajstić information content (AvgIpc) is 2.79. The highest BCUT2D eigenvalue weighted by Crippen LogP contribution is 2.26. The minimum Gasteiger partial charge on any atom is -0.449 e. The number of hydrogen-bond acceptors (Lipinski definition) is 3. The van der Waals surface area contributed by atoms with E-state index in [0.717, 1.165) is 14.5 Å². The average molecular weight is 378 g/mol. The normalized spacial score (nSPS) is 10.7. The lowest BCUT2D eigenvalue weighted by Gasteiger charge is -2.02. The van der Waals surface area contributed by atoms with Crippen LogP contribution in [0, 0.1) is 10.5 Å². The van der Waals surface area contributed by atoms with Gasteiger partial charge in [0, 0.05) is 14.5 Å². The number of aryl methyl sites for hydroxylation is 1. The summed E-state index contributed by atoms with van der Waals surface area (Å²) in [5.74, 6) is 0.292. The minimum atomic E-state index is -0.472. The van der Waals surface area contributed by atoms with Gasteiger partial charge in [-0.15, -0.1) is 0 Å². The van der Waals surface area contributed by atoms with Crippen molar-refractivity contribution in [3.63, 3.8) is 0 Å². The Hall–Kier alpha value is -1.82. The summed E-state index contributed by atoms with van der Waals surface area (Å²) >= 11 is 2.20. The molecular formula is C16H11IO3. The molecule has 4 heteroatoms. The lowest BCUT2D eigenvalue weighted by atomic mass is 10.1. The van der Waals surface area contributed by atoms with Gasteiger partial charge in [-0.25, -0.2) is 4.79 Å². The van der Waals surface area contributed by atoms with Crippen LogP contribution in [-0.4, -0.2) is 5.97 Å². The first-order valence-electron chi connectivity index (χ1n) is 6.11. The number of hydrogen-bond donors (Lipinski definition) is 0. The zero-order valence-corrected chi connectivity index (χ0v) is 12.9. The Kier molecular flexibility index (Phi) is 3.48. The van der Waals surface area contributed by atoms with E-state index in [0.29, 0.717) is 11.3 Å². The lowest BCUT2D eigenvalue weighted by Crippen LogP contribution is -2.08. The smallest absolute Gasteiger partial charge is 0.379 e. The van der Waals surface area contributed by atoms with Crippen LogP contribution in [0.25, 0.3) is 11.0 Å². The maximum absolute atomic E-state index is 12.2. The number of para-hydroxylation sites is 1. The third-order valence-corrected chi connectivity index (χ3v) is 3.77. The molecule has 0 aliphatic rings. The molecule has 1 heterocycles. The van der Waals surface area contributed by atoms with E-state index in [4.69, 9.17) is 9.15 Å². The molecule has 1 aromatic heterocycles. The van der Waals surface area contributed by atoms with Crippen LogP contribution in [0.4, 0.5) is 0 Å². The van der Waals surface area contributed by atoms with Crippen molar-refractivity contribution in [3.8, 4) is 5.75 Å². The van der Waals surface area contributed by atoms with Crippen LogP contribution in [0.2, 0.25) is 0 Å². The molecule has 3 rings (SSSR count). The second-order valence-electron chi connectivity index (χ2n) is 4.40. The molecular weight excluding hydrogens is 367 g/mol. The Bertz CT molecular complexity index is 772. The molecule has 0 aliphatic carbocycles. The molecule has 0 bridgehead atoms. The summed E-state index contributed by atoms with van der Waals surface area (Å²) in [6.45, 7) is 1.86. The van der Waals surface area contributed by atoms with Crippen molar-refractivity contribution in [1.82, 2.24) is 0 Å². The Labute approximate surface area is 129 Å². The van der Waals surface area contributed by atoms with Crippen LogP contribution in [0.1, 0.15) is 16.1 Å². The van der Waals surface area contributed by atoms with E-state index in [9.17, 15) is 4.79 Å². The first-order chi connectivity index (χ1) is 9.65. The molecule has 0 atom stereocenters. The molecule has 20 heavy (non-hydrogen) atoms. The highest BCUT2D eigenvalue weighted by molar-refractivity contribution is 14.1. The van der Waals surface area contributed by atoms with Gasteiger partial charge in [0.1, 0.15) is 11.3 Å². The van der Waals surface area contributed by atoms with E-state index >= 15 is 0 Å². The predicted molar refractivity (Wildman–Crippen MR) is 85.1 cm³/mol. The van der Waals surface area contributed by atoms with Gasteiger partial charge in [0.15, 0.2) is 0 Å². The molecule has 2 aromatic carbocycles. The second-order valence-corrected chi connectivity index (χ2v) is 5.64. The zero-order chi connectivity index (χ0) is 14.1. The second kappa shape index (κ2) is 5.28. The van der Waals surface area contributed by atoms with E-state index < -0.39 is 5.97 Å². The maximum Gasteiger partial charge on any atom is 0.379 e. The Morgan fingerprint density at radius 2 is 1.80 bits per heavy atom. The maximum atomic E-state index is 12.2. The van der Waals surface area contributed by atoms with Crippen molar-refractivity contribution >= 4 is 39.5 Å². The predicted octanol–water partition coefficient (Wildman–Crippen LogP) is 4.57. The third kappa shape index (κ3) is 2.43. The minimum absolute atomic E-state index is 0.254. The molecule has 0 N–H and O–H groups in total. The Morgan fingerprint density at radius 1 is 1.10 bits per heavy atom. The summed E-state index contributed by atoms with van der Waals surface area (Å²) in [5, 5.41) is 0.932. The summed E-state index contributed by atoms with van der Waals surface area (Å²) in [4.78, 5) is 12.2. The molecule has 0 aliphatic heterocycles. The van der Waals surface area contributed by atoms with E-state index in [1.807, 2.05) is 43.3 Å². The summed E-state index contributed by atoms with van der Waals surface area (Å²) in [7, 11) is 0. The summed E-state index contributed by atoms with van der Waals surface area (Å²) in [6.07, 6.45) is 0. The molecule has 3 aromatic rings. The number of rotatable bonds is 2. The zero-order valence-electron chi connectivity index (χ0n) is 10.7. The van der Waals surface area contributed by atoms with Gasteiger partial charge in [-0.3, -0.25) is 0 Å². The van der Waals surface area contributed by atoms with Crippen LogP contribution in [0.5, 0.6) is 5.75 Å². The fraction of sp³-hybridized carbons (Fsp3) is 0.0625. The highest BCUT2D eigenvalue weighted by Gasteiger charge is 2.19. The largest absolute Gasteiger partial charge is 0.449 e. The van der Waals surface area contributed by atoms with Crippen molar-refractivity contribution in [2.45, 2.75) is 6.92 Å². The molecule has 0 radical (unpaired) electrons. The summed E-state index contributed by atoms with van der Waals surface area (Å²) in [6, 6.07) is 14.8. The molecule has 3 nitrogen and oxygen atoms in total. The highest BCUT2D eigenvalue weighted by atomic mass is 127. The van der Waals surface area contributed by atoms with Crippen molar-refractivity contribution < 1.29 is 13.9 Å². The number of carbonyl (C=O) groups excluding carboxylic acids is 1. The number of furan rings is 1. The number of ether oxygens (including phenoxy) is 1. The third-order valence-electron chi connectivity index (χ3n) is 3.05. The monoisotopic (exact) mass is 378 g/mol.